The lowest BCUT2D eigenvalue weighted by Gasteiger charge is -2.10. The number of halogens is 4. The molecule has 0 radical (unpaired) electrons. The number of nitrogens with one attached hydrogen (secondary N) is 1. The van der Waals surface area contributed by atoms with Crippen molar-refractivity contribution in [2.75, 3.05) is 5.32 Å². The van der Waals surface area contributed by atoms with Crippen molar-refractivity contribution in [1.82, 2.24) is 24.4 Å². The zero-order valence-electron chi connectivity index (χ0n) is 18.8. The minimum Gasteiger partial charge on any atom is -0.318 e. The molecule has 184 valence electrons. The summed E-state index contributed by atoms with van der Waals surface area (Å²) >= 11 is 1.36. The molecule has 0 aliphatic rings. The molecule has 0 unspecified atom stereocenters. The van der Waals surface area contributed by atoms with Crippen molar-refractivity contribution >= 4 is 28.6 Å². The van der Waals surface area contributed by atoms with E-state index < -0.39 is 17.8 Å². The first-order chi connectivity index (χ1) is 17.2. The number of alkyl halides is 3. The lowest BCUT2D eigenvalue weighted by Crippen LogP contribution is -2.15. The summed E-state index contributed by atoms with van der Waals surface area (Å²) in [4.78, 5) is 18.7. The number of aryl methyl sites for hydroxylation is 1. The van der Waals surface area contributed by atoms with E-state index in [0.29, 0.717) is 15.0 Å². The van der Waals surface area contributed by atoms with Crippen LogP contribution >= 0.6 is 11.3 Å². The third-order valence-corrected chi connectivity index (χ3v) is 6.65. The fourth-order valence-electron chi connectivity index (χ4n) is 3.63. The van der Waals surface area contributed by atoms with E-state index in [2.05, 4.69) is 20.5 Å². The largest absolute Gasteiger partial charge is 0.433 e. The average molecular weight is 515 g/mol. The number of carbonyl (C=O) groups excluding carboxylic acids is 1. The second-order valence-corrected chi connectivity index (χ2v) is 9.08. The molecule has 0 fully saturated rings. The van der Waals surface area contributed by atoms with Gasteiger partial charge in [-0.15, -0.1) is 11.3 Å². The van der Waals surface area contributed by atoms with Gasteiger partial charge in [0.25, 0.3) is 5.91 Å². The van der Waals surface area contributed by atoms with E-state index in [9.17, 15) is 22.4 Å². The quantitative estimate of drug-likeness (QED) is 0.296. The van der Waals surface area contributed by atoms with Gasteiger partial charge in [-0.05, 0) is 30.7 Å². The lowest BCUT2D eigenvalue weighted by atomic mass is 10.2. The summed E-state index contributed by atoms with van der Waals surface area (Å²) in [6, 6.07) is 11.9. The van der Waals surface area contributed by atoms with Crippen LogP contribution in [0.5, 0.6) is 0 Å². The number of carbonyl (C=O) groups is 1. The molecule has 5 rings (SSSR count). The number of thiophene rings is 1. The highest BCUT2D eigenvalue weighted by molar-refractivity contribution is 7.15. The van der Waals surface area contributed by atoms with Gasteiger partial charge in [-0.2, -0.15) is 23.4 Å². The molecule has 0 atom stereocenters. The van der Waals surface area contributed by atoms with Gasteiger partial charge in [0.2, 0.25) is 0 Å². The zero-order chi connectivity index (χ0) is 25.4. The number of aromatic nitrogens is 5. The van der Waals surface area contributed by atoms with Gasteiger partial charge >= 0.3 is 6.18 Å². The minimum atomic E-state index is -4.71. The van der Waals surface area contributed by atoms with Crippen LogP contribution in [0.2, 0.25) is 0 Å². The Balaban J connectivity index is 1.42. The predicted molar refractivity (Wildman–Crippen MR) is 126 cm³/mol. The Morgan fingerprint density at radius 1 is 1.14 bits per heavy atom. The first kappa shape index (κ1) is 23.7. The topological polar surface area (TPSA) is 77.1 Å². The van der Waals surface area contributed by atoms with Crippen LogP contribution in [0.3, 0.4) is 0 Å². The first-order valence-corrected chi connectivity index (χ1v) is 11.7. The van der Waals surface area contributed by atoms with Crippen LogP contribution in [0, 0.1) is 5.82 Å². The van der Waals surface area contributed by atoms with Crippen molar-refractivity contribution in [2.24, 2.45) is 0 Å². The molecule has 1 N–H and O–H groups in total. The summed E-state index contributed by atoms with van der Waals surface area (Å²) in [5, 5.41) is 10.5. The third-order valence-electron chi connectivity index (χ3n) is 5.39. The van der Waals surface area contributed by atoms with E-state index in [1.165, 1.54) is 40.5 Å². The highest BCUT2D eigenvalue weighted by Crippen LogP contribution is 2.34. The van der Waals surface area contributed by atoms with Gasteiger partial charge in [0, 0.05) is 22.7 Å². The van der Waals surface area contributed by atoms with Crippen molar-refractivity contribution in [3.05, 3.63) is 88.6 Å². The third kappa shape index (κ3) is 4.71. The molecule has 0 aliphatic heterocycles. The number of amides is 1. The maximum absolute atomic E-state index is 13.9. The molecule has 4 heterocycles. The van der Waals surface area contributed by atoms with E-state index in [-0.39, 0.29) is 35.1 Å². The van der Waals surface area contributed by atoms with Crippen LogP contribution in [0.15, 0.2) is 60.9 Å². The molecule has 1 amide bonds. The molecular formula is C24H18F4N6OS. The monoisotopic (exact) mass is 514 g/mol. The molecule has 0 aliphatic carbocycles. The van der Waals surface area contributed by atoms with Gasteiger partial charge in [-0.3, -0.25) is 9.48 Å². The van der Waals surface area contributed by atoms with Crippen LogP contribution in [0.4, 0.5) is 23.2 Å². The number of fused-ring (bicyclic) bond motifs is 1. The summed E-state index contributed by atoms with van der Waals surface area (Å²) < 4.78 is 57.4. The molecule has 5 aromatic rings. The van der Waals surface area contributed by atoms with Gasteiger partial charge in [0.15, 0.2) is 17.0 Å². The summed E-state index contributed by atoms with van der Waals surface area (Å²) in [5.74, 6) is -1.12. The number of nitrogens with zero attached hydrogens (tertiary/aromatic N) is 5. The van der Waals surface area contributed by atoms with Crippen LogP contribution in [-0.4, -0.2) is 30.3 Å². The highest BCUT2D eigenvalue weighted by atomic mass is 32.1. The second-order valence-electron chi connectivity index (χ2n) is 7.92. The molecule has 1 aromatic carbocycles. The number of hydrogen-bond acceptors (Lipinski definition) is 5. The maximum atomic E-state index is 13.9. The Morgan fingerprint density at radius 3 is 2.67 bits per heavy atom. The zero-order valence-corrected chi connectivity index (χ0v) is 19.6. The van der Waals surface area contributed by atoms with Crippen LogP contribution in [0.25, 0.3) is 16.2 Å². The summed E-state index contributed by atoms with van der Waals surface area (Å²) in [5.41, 5.74) is -0.536. The van der Waals surface area contributed by atoms with E-state index >= 15 is 0 Å². The number of hydrogen-bond donors (Lipinski definition) is 1. The fraction of sp³-hybridized carbons (Fsp3) is 0.167. The average Bonchev–Trinajstić information content (AvgIpc) is 3.58. The van der Waals surface area contributed by atoms with Crippen molar-refractivity contribution < 1.29 is 22.4 Å². The van der Waals surface area contributed by atoms with E-state index in [1.807, 2.05) is 13.0 Å². The predicted octanol–water partition coefficient (Wildman–Crippen LogP) is 5.68. The lowest BCUT2D eigenvalue weighted by molar-refractivity contribution is -0.142. The molecule has 36 heavy (non-hydrogen) atoms. The number of anilines is 1. The maximum Gasteiger partial charge on any atom is 0.433 e. The standard InChI is InChI=1S/C24H18F4N6OS/c1-2-16-7-8-20(36-16)18-9-21(24(26,27)28)34-22(31-18)10-19(32-34)23(35)30-15-11-29-33(13-15)12-14-5-3-4-6-17(14)25/h3-11,13H,2,12H2,1H3,(H,30,35). The molecular weight excluding hydrogens is 496 g/mol. The van der Waals surface area contributed by atoms with Crippen LogP contribution < -0.4 is 5.32 Å². The van der Waals surface area contributed by atoms with Gasteiger partial charge in [-0.1, -0.05) is 25.1 Å². The number of rotatable bonds is 6. The smallest absolute Gasteiger partial charge is 0.318 e. The van der Waals surface area contributed by atoms with Crippen molar-refractivity contribution in [1.29, 1.82) is 0 Å². The minimum absolute atomic E-state index is 0.105. The second kappa shape index (κ2) is 9.19. The SMILES string of the molecule is CCc1ccc(-c2cc(C(F)(F)F)n3nc(C(=O)Nc4cnn(Cc5ccccc5F)c4)cc3n2)s1. The Kier molecular flexibility index (Phi) is 6.04. The Labute approximate surface area is 206 Å². The summed E-state index contributed by atoms with van der Waals surface area (Å²) in [6.07, 6.45) is -1.12. The molecule has 12 heteroatoms. The number of benzene rings is 1. The van der Waals surface area contributed by atoms with Gasteiger partial charge in [0.05, 0.1) is 29.0 Å². The molecule has 0 spiro atoms. The van der Waals surface area contributed by atoms with Crippen LogP contribution in [-0.2, 0) is 19.1 Å². The Morgan fingerprint density at radius 2 is 1.94 bits per heavy atom. The van der Waals surface area contributed by atoms with Crippen LogP contribution in [0.1, 0.15) is 33.5 Å². The molecule has 0 bridgehead atoms. The van der Waals surface area contributed by atoms with Crippen molar-refractivity contribution in [3.63, 3.8) is 0 Å². The van der Waals surface area contributed by atoms with E-state index in [4.69, 9.17) is 0 Å². The first-order valence-electron chi connectivity index (χ1n) is 10.9. The highest BCUT2D eigenvalue weighted by Gasteiger charge is 2.36. The van der Waals surface area contributed by atoms with Crippen molar-refractivity contribution in [3.8, 4) is 10.6 Å². The Bertz CT molecular complexity index is 1570. The fourth-order valence-corrected chi connectivity index (χ4v) is 4.54. The van der Waals surface area contributed by atoms with E-state index in [0.717, 1.165) is 17.4 Å². The van der Waals surface area contributed by atoms with Crippen molar-refractivity contribution in [2.45, 2.75) is 26.1 Å². The summed E-state index contributed by atoms with van der Waals surface area (Å²) in [6.45, 7) is 2.10. The summed E-state index contributed by atoms with van der Waals surface area (Å²) in [7, 11) is 0. The molecule has 7 nitrogen and oxygen atoms in total. The van der Waals surface area contributed by atoms with Gasteiger partial charge in [-0.25, -0.2) is 13.9 Å². The molecule has 4 aromatic heterocycles. The van der Waals surface area contributed by atoms with Gasteiger partial charge in [0.1, 0.15) is 5.82 Å². The molecule has 0 saturated carbocycles. The Hall–Kier alpha value is -4.06. The van der Waals surface area contributed by atoms with E-state index in [1.54, 1.807) is 24.3 Å². The van der Waals surface area contributed by atoms with Gasteiger partial charge < -0.3 is 5.32 Å². The normalized spacial score (nSPS) is 11.8. The molecule has 0 saturated heterocycles.